The van der Waals surface area contributed by atoms with Crippen LogP contribution in [0.2, 0.25) is 0 Å². The van der Waals surface area contributed by atoms with E-state index >= 15 is 0 Å². The fraction of sp³-hybridized carbons (Fsp3) is 0.0833. The first kappa shape index (κ1) is 12.2. The van der Waals surface area contributed by atoms with Crippen molar-refractivity contribution in [1.82, 2.24) is 4.98 Å². The Morgan fingerprint density at radius 3 is 2.41 bits per heavy atom. The van der Waals surface area contributed by atoms with Crippen LogP contribution in [0, 0.1) is 0 Å². The van der Waals surface area contributed by atoms with E-state index in [-0.39, 0.29) is 0 Å². The molecule has 1 aromatic heterocycles. The summed E-state index contributed by atoms with van der Waals surface area (Å²) in [7, 11) is -1.45. The van der Waals surface area contributed by atoms with Crippen LogP contribution < -0.4 is 5.46 Å². The zero-order chi connectivity index (χ0) is 12.1. The predicted octanol–water partition coefficient (Wildman–Crippen LogP) is 1.05. The highest BCUT2D eigenvalue weighted by molar-refractivity contribution is 7.98. The molecule has 0 atom stereocenters. The molecule has 0 fully saturated rings. The maximum atomic E-state index is 8.93. The van der Waals surface area contributed by atoms with Crippen LogP contribution in [-0.2, 0) is 5.75 Å². The summed E-state index contributed by atoms with van der Waals surface area (Å²) in [5, 5.41) is 18.7. The van der Waals surface area contributed by atoms with Crippen molar-refractivity contribution in [2.45, 2.75) is 10.8 Å². The lowest BCUT2D eigenvalue weighted by Crippen LogP contribution is -2.29. The second-order valence-corrected chi connectivity index (χ2v) is 4.57. The highest BCUT2D eigenvalue weighted by atomic mass is 32.2. The average Bonchev–Trinajstić information content (AvgIpc) is 2.38. The Morgan fingerprint density at radius 1 is 1.06 bits per heavy atom. The molecule has 0 aliphatic heterocycles. The summed E-state index contributed by atoms with van der Waals surface area (Å²) >= 11 is 1.62. The molecule has 0 aliphatic carbocycles. The molecule has 0 radical (unpaired) electrons. The Morgan fingerprint density at radius 2 is 1.82 bits per heavy atom. The van der Waals surface area contributed by atoms with Gasteiger partial charge in [-0.15, -0.1) is 11.8 Å². The zero-order valence-corrected chi connectivity index (χ0v) is 9.97. The van der Waals surface area contributed by atoms with Gasteiger partial charge in [0.1, 0.15) is 0 Å². The van der Waals surface area contributed by atoms with E-state index in [4.69, 9.17) is 10.0 Å². The largest absolute Gasteiger partial charge is 0.490 e. The molecule has 0 aliphatic rings. The van der Waals surface area contributed by atoms with Crippen molar-refractivity contribution in [3.05, 3.63) is 54.2 Å². The predicted molar refractivity (Wildman–Crippen MR) is 70.1 cm³/mol. The van der Waals surface area contributed by atoms with Gasteiger partial charge in [-0.25, -0.2) is 0 Å². The van der Waals surface area contributed by atoms with Crippen LogP contribution in [0.1, 0.15) is 5.56 Å². The quantitative estimate of drug-likeness (QED) is 0.624. The van der Waals surface area contributed by atoms with Crippen LogP contribution in [0.15, 0.2) is 53.7 Å². The lowest BCUT2D eigenvalue weighted by molar-refractivity contribution is 0.425. The van der Waals surface area contributed by atoms with Crippen LogP contribution in [0.4, 0.5) is 0 Å². The Kier molecular flexibility index (Phi) is 4.20. The molecule has 2 rings (SSSR count). The standard InChI is InChI=1S/C12H12BNO2S/c15-13(16)11-6-7-12(14-8-11)17-9-10-4-2-1-3-5-10/h1-8,15-16H,9H2. The van der Waals surface area contributed by atoms with E-state index in [1.54, 1.807) is 23.9 Å². The third-order valence-corrected chi connectivity index (χ3v) is 3.30. The van der Waals surface area contributed by atoms with Crippen molar-refractivity contribution in [3.8, 4) is 0 Å². The van der Waals surface area contributed by atoms with E-state index in [0.717, 1.165) is 10.8 Å². The molecule has 1 heterocycles. The Bertz CT molecular complexity index is 462. The topological polar surface area (TPSA) is 53.4 Å². The molecule has 2 N–H and O–H groups in total. The van der Waals surface area contributed by atoms with Gasteiger partial charge in [0.2, 0.25) is 0 Å². The van der Waals surface area contributed by atoms with Crippen molar-refractivity contribution < 1.29 is 10.0 Å². The van der Waals surface area contributed by atoms with Crippen LogP contribution in [0.5, 0.6) is 0 Å². The minimum absolute atomic E-state index is 0.411. The zero-order valence-electron chi connectivity index (χ0n) is 9.15. The number of hydrogen-bond acceptors (Lipinski definition) is 4. The van der Waals surface area contributed by atoms with Gasteiger partial charge >= 0.3 is 7.12 Å². The van der Waals surface area contributed by atoms with Gasteiger partial charge in [0.25, 0.3) is 0 Å². The molecule has 17 heavy (non-hydrogen) atoms. The first-order valence-corrected chi connectivity index (χ1v) is 6.23. The molecule has 2 aromatic rings. The molecule has 0 saturated carbocycles. The second kappa shape index (κ2) is 5.86. The van der Waals surface area contributed by atoms with Gasteiger partial charge in [0.15, 0.2) is 0 Å². The van der Waals surface area contributed by atoms with Crippen molar-refractivity contribution in [3.63, 3.8) is 0 Å². The molecule has 0 spiro atoms. The molecule has 0 unspecified atom stereocenters. The summed E-state index contributed by atoms with van der Waals surface area (Å²) in [5.74, 6) is 0.856. The number of benzene rings is 1. The van der Waals surface area contributed by atoms with E-state index in [0.29, 0.717) is 5.46 Å². The fourth-order valence-electron chi connectivity index (χ4n) is 1.36. The molecule has 0 bridgehead atoms. The van der Waals surface area contributed by atoms with Crippen molar-refractivity contribution >= 4 is 24.3 Å². The summed E-state index contributed by atoms with van der Waals surface area (Å²) in [6.07, 6.45) is 1.48. The summed E-state index contributed by atoms with van der Waals surface area (Å²) < 4.78 is 0. The van der Waals surface area contributed by atoms with E-state index in [1.807, 2.05) is 18.2 Å². The Balaban J connectivity index is 1.96. The molecule has 5 heteroatoms. The maximum absolute atomic E-state index is 8.93. The molecule has 3 nitrogen and oxygen atoms in total. The minimum Gasteiger partial charge on any atom is -0.423 e. The second-order valence-electron chi connectivity index (χ2n) is 3.58. The van der Waals surface area contributed by atoms with Gasteiger partial charge in [0.05, 0.1) is 5.03 Å². The number of rotatable bonds is 4. The monoisotopic (exact) mass is 245 g/mol. The Hall–Kier alpha value is -1.30. The molecule has 86 valence electrons. The highest BCUT2D eigenvalue weighted by Gasteiger charge is 2.10. The minimum atomic E-state index is -1.45. The third-order valence-electron chi connectivity index (χ3n) is 2.29. The van der Waals surface area contributed by atoms with Crippen LogP contribution in [-0.4, -0.2) is 22.2 Å². The van der Waals surface area contributed by atoms with Gasteiger partial charge < -0.3 is 10.0 Å². The first-order valence-electron chi connectivity index (χ1n) is 5.24. The molecule has 0 saturated heterocycles. The van der Waals surface area contributed by atoms with Crippen molar-refractivity contribution in [1.29, 1.82) is 0 Å². The average molecular weight is 245 g/mol. The van der Waals surface area contributed by atoms with E-state index in [1.165, 1.54) is 11.8 Å². The number of aromatic nitrogens is 1. The van der Waals surface area contributed by atoms with Gasteiger partial charge in [-0.2, -0.15) is 0 Å². The Labute approximate surface area is 105 Å². The van der Waals surface area contributed by atoms with Gasteiger partial charge in [-0.1, -0.05) is 36.4 Å². The molecule has 1 aromatic carbocycles. The smallest absolute Gasteiger partial charge is 0.423 e. The molecular formula is C12H12BNO2S. The summed E-state index contributed by atoms with van der Waals surface area (Å²) in [4.78, 5) is 4.16. The fourth-order valence-corrected chi connectivity index (χ4v) is 2.16. The van der Waals surface area contributed by atoms with Gasteiger partial charge in [-0.3, -0.25) is 4.98 Å². The van der Waals surface area contributed by atoms with E-state index < -0.39 is 7.12 Å². The highest BCUT2D eigenvalue weighted by Crippen LogP contribution is 2.19. The number of pyridine rings is 1. The van der Waals surface area contributed by atoms with E-state index in [9.17, 15) is 0 Å². The molecule has 0 amide bonds. The maximum Gasteiger partial charge on any atom is 0.490 e. The number of hydrogen-bond donors (Lipinski definition) is 2. The van der Waals surface area contributed by atoms with Gasteiger partial charge in [0, 0.05) is 17.4 Å². The normalized spacial score (nSPS) is 10.2. The number of nitrogens with zero attached hydrogens (tertiary/aromatic N) is 1. The van der Waals surface area contributed by atoms with Crippen LogP contribution in [0.3, 0.4) is 0 Å². The van der Waals surface area contributed by atoms with Crippen molar-refractivity contribution in [2.75, 3.05) is 0 Å². The van der Waals surface area contributed by atoms with E-state index in [2.05, 4.69) is 17.1 Å². The van der Waals surface area contributed by atoms with Crippen LogP contribution >= 0.6 is 11.8 Å². The lowest BCUT2D eigenvalue weighted by atomic mass is 9.82. The summed E-state index contributed by atoms with van der Waals surface area (Å²) in [6, 6.07) is 13.6. The third kappa shape index (κ3) is 3.59. The van der Waals surface area contributed by atoms with Gasteiger partial charge in [-0.05, 0) is 11.6 Å². The first-order chi connectivity index (χ1) is 8.25. The number of thioether (sulfide) groups is 1. The van der Waals surface area contributed by atoms with Crippen LogP contribution in [0.25, 0.3) is 0 Å². The van der Waals surface area contributed by atoms with Crippen molar-refractivity contribution in [2.24, 2.45) is 0 Å². The molecular weight excluding hydrogens is 233 g/mol. The lowest BCUT2D eigenvalue weighted by Gasteiger charge is -2.02. The summed E-state index contributed by atoms with van der Waals surface area (Å²) in [6.45, 7) is 0. The summed E-state index contributed by atoms with van der Waals surface area (Å²) in [5.41, 5.74) is 1.65. The SMILES string of the molecule is OB(O)c1ccc(SCc2ccccc2)nc1.